The van der Waals surface area contributed by atoms with E-state index in [1.54, 1.807) is 48.5 Å². The van der Waals surface area contributed by atoms with Crippen molar-refractivity contribution >= 4 is 35.0 Å². The predicted molar refractivity (Wildman–Crippen MR) is 173 cm³/mol. The summed E-state index contributed by atoms with van der Waals surface area (Å²) in [6.45, 7) is 3.83. The van der Waals surface area contributed by atoms with E-state index in [-0.39, 0.29) is 35.7 Å². The fraction of sp³-hybridized carbons (Fsp3) is 0.256. The molecule has 0 spiro atoms. The predicted octanol–water partition coefficient (Wildman–Crippen LogP) is 5.71. The summed E-state index contributed by atoms with van der Waals surface area (Å²) in [5.41, 5.74) is 1.79. The van der Waals surface area contributed by atoms with Crippen LogP contribution in [0.4, 0.5) is 4.79 Å². The van der Waals surface area contributed by atoms with E-state index >= 15 is 4.79 Å². The lowest BCUT2D eigenvalue weighted by Crippen LogP contribution is -2.58. The Hall–Kier alpha value is -5.37. The summed E-state index contributed by atoms with van der Waals surface area (Å²) >= 11 is 0. The number of nitrogens with zero attached hydrogens (tertiary/aromatic N) is 1. The number of carbonyl (C=O) groups excluding carboxylic acids is 5. The fourth-order valence-corrected chi connectivity index (χ4v) is 8.65. The van der Waals surface area contributed by atoms with E-state index in [9.17, 15) is 24.3 Å². The van der Waals surface area contributed by atoms with Gasteiger partial charge in [-0.05, 0) is 47.9 Å². The van der Waals surface area contributed by atoms with E-state index in [0.717, 1.165) is 7.11 Å². The van der Waals surface area contributed by atoms with E-state index in [1.165, 1.54) is 6.08 Å². The summed E-state index contributed by atoms with van der Waals surface area (Å²) in [7, 11) is 1.11. The average molecular weight is 628 g/mol. The summed E-state index contributed by atoms with van der Waals surface area (Å²) in [5.74, 6) is -6.10. The molecule has 3 aromatic rings. The van der Waals surface area contributed by atoms with Gasteiger partial charge in [0, 0.05) is 23.0 Å². The van der Waals surface area contributed by atoms with Crippen LogP contribution in [-0.2, 0) is 35.8 Å². The van der Waals surface area contributed by atoms with Gasteiger partial charge in [0.2, 0.25) is 11.8 Å². The molecule has 47 heavy (non-hydrogen) atoms. The number of hydrogen-bond donors (Lipinski definition) is 1. The highest BCUT2D eigenvalue weighted by Crippen LogP contribution is 2.64. The Morgan fingerprint density at radius 3 is 2.34 bits per heavy atom. The van der Waals surface area contributed by atoms with Crippen molar-refractivity contribution in [2.24, 2.45) is 23.7 Å². The summed E-state index contributed by atoms with van der Waals surface area (Å²) < 4.78 is 4.79. The van der Waals surface area contributed by atoms with Gasteiger partial charge in [-0.25, -0.2) is 4.79 Å². The molecule has 8 heteroatoms. The molecule has 2 fully saturated rings. The molecule has 1 saturated heterocycles. The number of likely N-dealkylation sites (tertiary alicyclic amines) is 1. The van der Waals surface area contributed by atoms with E-state index in [4.69, 9.17) is 4.74 Å². The number of para-hydroxylation sites is 1. The van der Waals surface area contributed by atoms with Gasteiger partial charge in [-0.2, -0.15) is 4.90 Å². The van der Waals surface area contributed by atoms with Gasteiger partial charge in [0.1, 0.15) is 5.75 Å². The Bertz CT molecular complexity index is 1910. The highest BCUT2D eigenvalue weighted by Gasteiger charge is 2.66. The largest absolute Gasteiger partial charge is 0.507 e. The first-order chi connectivity index (χ1) is 22.7. The third kappa shape index (κ3) is 4.31. The lowest BCUT2D eigenvalue weighted by Gasteiger charge is -2.55. The summed E-state index contributed by atoms with van der Waals surface area (Å²) in [6, 6.07) is 23.5. The number of imide groups is 3. The minimum atomic E-state index is -1.47. The molecule has 0 bridgehead atoms. The molecule has 7 rings (SSSR count). The number of phenolic OH excluding ortho intramolecular Hbond substituents is 1. The second-order valence-electron chi connectivity index (χ2n) is 12.6. The Kier molecular flexibility index (Phi) is 7.38. The number of allylic oxidation sites excluding steroid dienone is 5. The third-order valence-corrected chi connectivity index (χ3v) is 10.6. The maximum absolute atomic E-state index is 15.0. The van der Waals surface area contributed by atoms with Crippen LogP contribution in [-0.4, -0.2) is 46.6 Å². The molecule has 4 aliphatic rings. The second-order valence-corrected chi connectivity index (χ2v) is 12.6. The number of fused-ring (bicyclic) bond motifs is 4. The molecule has 0 aromatic heterocycles. The molecular formula is C39H33NO7. The van der Waals surface area contributed by atoms with Crippen LogP contribution in [0, 0.1) is 23.7 Å². The number of hydrogen-bond acceptors (Lipinski definition) is 7. The highest BCUT2D eigenvalue weighted by molar-refractivity contribution is 6.31. The van der Waals surface area contributed by atoms with Gasteiger partial charge < -0.3 is 9.84 Å². The van der Waals surface area contributed by atoms with Crippen LogP contribution in [0.25, 0.3) is 5.57 Å². The first-order valence-corrected chi connectivity index (χ1v) is 15.7. The normalized spacial score (nSPS) is 28.1. The van der Waals surface area contributed by atoms with Gasteiger partial charge >= 0.3 is 6.09 Å². The van der Waals surface area contributed by atoms with Gasteiger partial charge in [-0.15, -0.1) is 6.58 Å². The maximum Gasteiger partial charge on any atom is 0.423 e. The number of amides is 3. The quantitative estimate of drug-likeness (QED) is 0.284. The van der Waals surface area contributed by atoms with Crippen molar-refractivity contribution in [3.05, 3.63) is 131 Å². The number of ether oxygens (including phenoxy) is 1. The first kappa shape index (κ1) is 30.3. The average Bonchev–Trinajstić information content (AvgIpc) is 3.36. The van der Waals surface area contributed by atoms with Crippen LogP contribution in [0.1, 0.15) is 41.0 Å². The molecule has 1 heterocycles. The van der Waals surface area contributed by atoms with Crippen molar-refractivity contribution in [2.75, 3.05) is 7.11 Å². The Morgan fingerprint density at radius 1 is 0.957 bits per heavy atom. The maximum atomic E-state index is 15.0. The van der Waals surface area contributed by atoms with E-state index in [0.29, 0.717) is 39.1 Å². The van der Waals surface area contributed by atoms with Gasteiger partial charge in [-0.3, -0.25) is 19.2 Å². The number of carbonyl (C=O) groups is 5. The Balaban J connectivity index is 1.52. The van der Waals surface area contributed by atoms with E-state index in [2.05, 4.69) is 6.58 Å². The molecule has 3 aromatic carbocycles. The van der Waals surface area contributed by atoms with E-state index in [1.807, 2.05) is 42.5 Å². The highest BCUT2D eigenvalue weighted by atomic mass is 16.5. The summed E-state index contributed by atoms with van der Waals surface area (Å²) in [5, 5.41) is 11.8. The number of phenols is 1. The van der Waals surface area contributed by atoms with Gasteiger partial charge in [0.05, 0.1) is 24.4 Å². The zero-order valence-electron chi connectivity index (χ0n) is 25.8. The molecule has 1 saturated carbocycles. The van der Waals surface area contributed by atoms with Crippen LogP contribution in [0.3, 0.4) is 0 Å². The standard InChI is InChI=1S/C39H33NO7/c1-3-11-23-14-10-17-27(34(23)42)33-25-18-19-26-32(37(45)40(36(26)44)38(46)47-2)29(25)20-30-35(43)28(22-12-6-4-7-13-22)21-31(41)39(30,33)24-15-8-5-9-16-24/h3-10,12-18,21,26,29-30,32-33,42H,1,11,19-20H2,2H3/t26-,29+,30-,32-,33+,39-/m0/s1. The molecule has 3 amide bonds. The van der Waals surface area contributed by atoms with Crippen molar-refractivity contribution in [3.63, 3.8) is 0 Å². The topological polar surface area (TPSA) is 118 Å². The van der Waals surface area contributed by atoms with Crippen molar-refractivity contribution in [2.45, 2.75) is 30.6 Å². The van der Waals surface area contributed by atoms with Crippen LogP contribution in [0.15, 0.2) is 109 Å². The van der Waals surface area contributed by atoms with Crippen LogP contribution < -0.4 is 0 Å². The van der Waals surface area contributed by atoms with Crippen molar-refractivity contribution < 1.29 is 33.8 Å². The van der Waals surface area contributed by atoms with Crippen LogP contribution >= 0.6 is 0 Å². The number of Topliss-reactive ketones (excluding diaryl/α,β-unsaturated/α-hetero) is 1. The Labute approximate surface area is 272 Å². The molecule has 236 valence electrons. The van der Waals surface area contributed by atoms with Gasteiger partial charge in [0.15, 0.2) is 11.6 Å². The fourth-order valence-electron chi connectivity index (χ4n) is 8.65. The first-order valence-electron chi connectivity index (χ1n) is 15.7. The third-order valence-electron chi connectivity index (χ3n) is 10.6. The SMILES string of the molecule is C=CCc1cccc([C@H]2C3=CC[C@@H]4C(=O)N(C(=O)OC)C(=O)[C@@H]4[C@@H]3C[C@H]3C(=O)C(c4ccccc4)=CC(=O)[C@@]23c2ccccc2)c1O. The zero-order valence-corrected chi connectivity index (χ0v) is 25.8. The summed E-state index contributed by atoms with van der Waals surface area (Å²) in [6.07, 6.45) is 4.57. The molecule has 3 aliphatic carbocycles. The molecular weight excluding hydrogens is 594 g/mol. The molecule has 8 nitrogen and oxygen atoms in total. The Morgan fingerprint density at radius 2 is 1.66 bits per heavy atom. The minimum absolute atomic E-state index is 0.0155. The van der Waals surface area contributed by atoms with Crippen molar-refractivity contribution in [1.29, 1.82) is 0 Å². The lowest BCUT2D eigenvalue weighted by molar-refractivity contribution is -0.138. The van der Waals surface area contributed by atoms with Crippen molar-refractivity contribution in [3.8, 4) is 5.75 Å². The van der Waals surface area contributed by atoms with Crippen LogP contribution in [0.2, 0.25) is 0 Å². The molecule has 0 unspecified atom stereocenters. The molecule has 1 N–H and O–H groups in total. The monoisotopic (exact) mass is 627 g/mol. The smallest absolute Gasteiger partial charge is 0.423 e. The minimum Gasteiger partial charge on any atom is -0.507 e. The number of rotatable bonds is 5. The lowest BCUT2D eigenvalue weighted by atomic mass is 9.44. The van der Waals surface area contributed by atoms with Gasteiger partial charge in [0.25, 0.3) is 0 Å². The number of methoxy groups -OCH3 is 1. The molecule has 0 radical (unpaired) electrons. The second kappa shape index (κ2) is 11.5. The summed E-state index contributed by atoms with van der Waals surface area (Å²) in [4.78, 5) is 70.5. The number of aromatic hydroxyl groups is 1. The zero-order chi connectivity index (χ0) is 33.0. The van der Waals surface area contributed by atoms with Crippen molar-refractivity contribution in [1.82, 2.24) is 4.90 Å². The number of ketones is 2. The molecule has 1 aliphatic heterocycles. The van der Waals surface area contributed by atoms with Gasteiger partial charge in [-0.1, -0.05) is 96.6 Å². The molecule has 6 atom stereocenters. The number of benzene rings is 3. The van der Waals surface area contributed by atoms with E-state index < -0.39 is 52.9 Å². The van der Waals surface area contributed by atoms with Crippen LogP contribution in [0.5, 0.6) is 5.75 Å².